The molecule has 3 N–H and O–H groups in total. The number of aromatic nitrogens is 4. The number of ketones is 1. The molecule has 0 unspecified atom stereocenters. The summed E-state index contributed by atoms with van der Waals surface area (Å²) < 4.78 is 3.99. The van der Waals surface area contributed by atoms with Crippen molar-refractivity contribution in [2.75, 3.05) is 12.3 Å². The Hall–Kier alpha value is -3.87. The molecule has 0 amide bonds. The first-order valence-electron chi connectivity index (χ1n) is 10.3. The molecule has 0 aliphatic carbocycles. The minimum absolute atomic E-state index is 0.0232. The Morgan fingerprint density at radius 3 is 2.84 bits per heavy atom. The van der Waals surface area contributed by atoms with Crippen molar-refractivity contribution < 1.29 is 4.79 Å². The highest BCUT2D eigenvalue weighted by molar-refractivity contribution is 5.98. The average Bonchev–Trinajstić information content (AvgIpc) is 3.37. The summed E-state index contributed by atoms with van der Waals surface area (Å²) in [6.07, 6.45) is 3.91. The van der Waals surface area contributed by atoms with E-state index in [1.54, 1.807) is 12.3 Å². The molecular weight excluding hydrogens is 388 g/mol. The van der Waals surface area contributed by atoms with Crippen molar-refractivity contribution in [3.05, 3.63) is 84.0 Å². The maximum Gasteiger partial charge on any atom is 0.185 e. The molecule has 1 atom stereocenters. The molecule has 1 aliphatic rings. The van der Waals surface area contributed by atoms with Gasteiger partial charge < -0.3 is 15.6 Å². The quantitative estimate of drug-likeness (QED) is 0.387. The summed E-state index contributed by atoms with van der Waals surface area (Å²) >= 11 is 0. The van der Waals surface area contributed by atoms with E-state index in [4.69, 9.17) is 10.7 Å². The number of hydrogen-bond donors (Lipinski definition) is 2. The predicted molar refractivity (Wildman–Crippen MR) is 122 cm³/mol. The standard InChI is InChI=1S/C24H24N6O/c1-15-11-26-16(2)22-10-19-5-8-21(28-24(19)30(15)22)23(31)9-18-12-27-29(14-18)13-17-3-6-20(25)7-4-17/h3-8,10,12,14-15,26H,2,9,11,13,25H2,1H3/t15-/m1/s1. The molecule has 0 saturated carbocycles. The zero-order chi connectivity index (χ0) is 21.5. The van der Waals surface area contributed by atoms with Crippen molar-refractivity contribution in [1.82, 2.24) is 24.6 Å². The highest BCUT2D eigenvalue weighted by atomic mass is 16.1. The second-order valence-electron chi connectivity index (χ2n) is 8.11. The van der Waals surface area contributed by atoms with E-state index in [0.717, 1.165) is 45.8 Å². The molecule has 7 heteroatoms. The van der Waals surface area contributed by atoms with E-state index in [1.165, 1.54) is 0 Å². The number of fused-ring (bicyclic) bond motifs is 3. The molecule has 4 heterocycles. The molecule has 3 aromatic heterocycles. The number of hydrogen-bond acceptors (Lipinski definition) is 5. The van der Waals surface area contributed by atoms with Gasteiger partial charge in [0, 0.05) is 30.2 Å². The number of benzene rings is 1. The van der Waals surface area contributed by atoms with Crippen LogP contribution in [-0.4, -0.2) is 31.7 Å². The molecular formula is C24H24N6O. The first-order valence-corrected chi connectivity index (χ1v) is 10.3. The van der Waals surface area contributed by atoms with Gasteiger partial charge in [-0.25, -0.2) is 4.98 Å². The molecule has 0 spiro atoms. The molecule has 5 rings (SSSR count). The average molecular weight is 412 g/mol. The maximum absolute atomic E-state index is 12.9. The van der Waals surface area contributed by atoms with Crippen molar-refractivity contribution in [3.8, 4) is 0 Å². The molecule has 7 nitrogen and oxygen atoms in total. The third kappa shape index (κ3) is 3.59. The van der Waals surface area contributed by atoms with Crippen LogP contribution in [0.1, 0.15) is 40.3 Å². The minimum Gasteiger partial charge on any atom is -0.399 e. The third-order valence-corrected chi connectivity index (χ3v) is 5.71. The minimum atomic E-state index is -0.0232. The van der Waals surface area contributed by atoms with Crippen LogP contribution in [0.15, 0.2) is 61.4 Å². The second kappa shape index (κ2) is 7.43. The molecule has 0 fully saturated rings. The van der Waals surface area contributed by atoms with Crippen molar-refractivity contribution in [2.24, 2.45) is 0 Å². The van der Waals surface area contributed by atoms with E-state index in [2.05, 4.69) is 34.6 Å². The van der Waals surface area contributed by atoms with Gasteiger partial charge in [0.25, 0.3) is 0 Å². The topological polar surface area (TPSA) is 90.8 Å². The first kappa shape index (κ1) is 19.1. The molecule has 4 aromatic rings. The maximum atomic E-state index is 12.9. The zero-order valence-corrected chi connectivity index (χ0v) is 17.4. The summed E-state index contributed by atoms with van der Waals surface area (Å²) in [5.41, 5.74) is 11.6. The monoisotopic (exact) mass is 412 g/mol. The lowest BCUT2D eigenvalue weighted by Gasteiger charge is -2.26. The summed E-state index contributed by atoms with van der Waals surface area (Å²) in [6, 6.07) is 13.8. The molecule has 0 radical (unpaired) electrons. The number of Topliss-reactive ketones (excluding diaryl/α,β-unsaturated/α-hetero) is 1. The first-order chi connectivity index (χ1) is 15.0. The SMILES string of the molecule is C=C1NC[C@@H](C)n2c1cc1ccc(C(=O)Cc3cnn(Cc4ccc(N)cc4)c3)nc12. The van der Waals surface area contributed by atoms with Crippen LogP contribution in [-0.2, 0) is 13.0 Å². The lowest BCUT2D eigenvalue weighted by atomic mass is 10.1. The molecule has 1 aromatic carbocycles. The number of nitrogens with zero attached hydrogens (tertiary/aromatic N) is 4. The van der Waals surface area contributed by atoms with Gasteiger partial charge >= 0.3 is 0 Å². The summed E-state index contributed by atoms with van der Waals surface area (Å²) in [4.78, 5) is 17.7. The van der Waals surface area contributed by atoms with Crippen LogP contribution >= 0.6 is 0 Å². The number of carbonyl (C=O) groups excluding carboxylic acids is 1. The van der Waals surface area contributed by atoms with Gasteiger partial charge in [0.1, 0.15) is 11.3 Å². The summed E-state index contributed by atoms with van der Waals surface area (Å²) in [7, 11) is 0. The largest absolute Gasteiger partial charge is 0.399 e. The normalized spacial score (nSPS) is 15.6. The van der Waals surface area contributed by atoms with E-state index in [0.29, 0.717) is 12.2 Å². The van der Waals surface area contributed by atoms with Gasteiger partial charge in [0.2, 0.25) is 0 Å². The number of pyridine rings is 1. The van der Waals surface area contributed by atoms with Gasteiger partial charge in [-0.2, -0.15) is 5.10 Å². The van der Waals surface area contributed by atoms with Gasteiger partial charge in [-0.3, -0.25) is 9.48 Å². The summed E-state index contributed by atoms with van der Waals surface area (Å²) in [6.45, 7) is 7.65. The van der Waals surface area contributed by atoms with Crippen molar-refractivity contribution in [1.29, 1.82) is 0 Å². The Morgan fingerprint density at radius 2 is 2.03 bits per heavy atom. The Bertz CT molecular complexity index is 1300. The van der Waals surface area contributed by atoms with Gasteiger partial charge in [-0.15, -0.1) is 0 Å². The fourth-order valence-corrected chi connectivity index (χ4v) is 4.05. The van der Waals surface area contributed by atoms with Crippen LogP contribution in [0.5, 0.6) is 0 Å². The molecule has 31 heavy (non-hydrogen) atoms. The third-order valence-electron chi connectivity index (χ3n) is 5.71. The van der Waals surface area contributed by atoms with Crippen LogP contribution in [0.4, 0.5) is 5.69 Å². The second-order valence-corrected chi connectivity index (χ2v) is 8.11. The number of carbonyl (C=O) groups is 1. The van der Waals surface area contributed by atoms with E-state index >= 15 is 0 Å². The van der Waals surface area contributed by atoms with E-state index < -0.39 is 0 Å². The Morgan fingerprint density at radius 1 is 1.23 bits per heavy atom. The number of rotatable bonds is 5. The summed E-state index contributed by atoms with van der Waals surface area (Å²) in [5, 5.41) is 8.72. The van der Waals surface area contributed by atoms with E-state index in [-0.39, 0.29) is 18.2 Å². The lowest BCUT2D eigenvalue weighted by Crippen LogP contribution is -2.29. The highest BCUT2D eigenvalue weighted by Gasteiger charge is 2.22. The number of anilines is 1. The number of nitrogen functional groups attached to an aromatic ring is 1. The highest BCUT2D eigenvalue weighted by Crippen LogP contribution is 2.29. The lowest BCUT2D eigenvalue weighted by molar-refractivity contribution is 0.0988. The van der Waals surface area contributed by atoms with Crippen LogP contribution in [0.2, 0.25) is 0 Å². The van der Waals surface area contributed by atoms with Crippen LogP contribution in [0, 0.1) is 0 Å². The van der Waals surface area contributed by atoms with Crippen molar-refractivity contribution >= 4 is 28.2 Å². The van der Waals surface area contributed by atoms with Crippen molar-refractivity contribution in [2.45, 2.75) is 25.9 Å². The summed E-state index contributed by atoms with van der Waals surface area (Å²) in [5.74, 6) is -0.0232. The van der Waals surface area contributed by atoms with Crippen LogP contribution in [0.25, 0.3) is 16.7 Å². The molecule has 0 bridgehead atoms. The van der Waals surface area contributed by atoms with Crippen molar-refractivity contribution in [3.63, 3.8) is 0 Å². The van der Waals surface area contributed by atoms with Gasteiger partial charge in [-0.1, -0.05) is 18.7 Å². The fraction of sp³-hybridized carbons (Fsp3) is 0.208. The zero-order valence-electron chi connectivity index (χ0n) is 17.4. The molecule has 156 valence electrons. The van der Waals surface area contributed by atoms with E-state index in [9.17, 15) is 4.79 Å². The van der Waals surface area contributed by atoms with Gasteiger partial charge in [-0.05, 0) is 48.4 Å². The Kier molecular flexibility index (Phi) is 4.58. The van der Waals surface area contributed by atoms with Gasteiger partial charge in [0.15, 0.2) is 5.78 Å². The fourth-order valence-electron chi connectivity index (χ4n) is 4.05. The molecule has 1 aliphatic heterocycles. The smallest absolute Gasteiger partial charge is 0.185 e. The van der Waals surface area contributed by atoms with Crippen LogP contribution < -0.4 is 11.1 Å². The Balaban J connectivity index is 1.36. The predicted octanol–water partition coefficient (Wildman–Crippen LogP) is 3.42. The van der Waals surface area contributed by atoms with Crippen LogP contribution in [0.3, 0.4) is 0 Å². The number of nitrogens with two attached hydrogens (primary N) is 1. The Labute approximate surface area is 180 Å². The number of nitrogens with one attached hydrogen (secondary N) is 1. The van der Waals surface area contributed by atoms with E-state index in [1.807, 2.05) is 41.2 Å². The van der Waals surface area contributed by atoms with Gasteiger partial charge in [0.05, 0.1) is 30.2 Å². The molecule has 0 saturated heterocycles.